The van der Waals surface area contributed by atoms with Crippen LogP contribution in [0.4, 0.5) is 0 Å². The summed E-state index contributed by atoms with van der Waals surface area (Å²) in [6.45, 7) is 5.33. The van der Waals surface area contributed by atoms with Gasteiger partial charge in [0, 0.05) is 34.9 Å². The Morgan fingerprint density at radius 3 is 2.80 bits per heavy atom. The summed E-state index contributed by atoms with van der Waals surface area (Å²) < 4.78 is 12.6. The molecule has 0 aromatic rings. The van der Waals surface area contributed by atoms with E-state index in [0.29, 0.717) is 11.8 Å². The van der Waals surface area contributed by atoms with Crippen molar-refractivity contribution in [2.75, 3.05) is 12.3 Å². The third kappa shape index (κ3) is 4.30. The molecule has 6 unspecified atom stereocenters. The number of dihydropyridines is 2. The summed E-state index contributed by atoms with van der Waals surface area (Å²) in [7, 11) is 3.77. The molecule has 6 nitrogen and oxygen atoms in total. The predicted molar refractivity (Wildman–Crippen MR) is 183 cm³/mol. The van der Waals surface area contributed by atoms with E-state index in [1.54, 1.807) is 0 Å². The number of hydrogen-bond acceptors (Lipinski definition) is 8. The van der Waals surface area contributed by atoms with Gasteiger partial charge in [0.15, 0.2) is 0 Å². The molecule has 2 saturated carbocycles. The zero-order chi connectivity index (χ0) is 31.2. The lowest BCUT2D eigenvalue weighted by atomic mass is 9.44. The maximum atomic E-state index is 14.2. The van der Waals surface area contributed by atoms with Gasteiger partial charge in [-0.05, 0) is 98.7 Å². The molecular weight excluding hydrogens is 613 g/mol. The molecule has 9 bridgehead atoms. The lowest BCUT2D eigenvalue weighted by molar-refractivity contribution is -0.135. The van der Waals surface area contributed by atoms with Crippen LogP contribution in [0, 0.1) is 34.5 Å². The molecule has 0 amide bonds. The third-order valence-electron chi connectivity index (χ3n) is 12.8. The average molecular weight is 657 g/mol. The van der Waals surface area contributed by atoms with E-state index in [0.717, 1.165) is 91.3 Å². The Bertz CT molecular complexity index is 1640. The van der Waals surface area contributed by atoms with E-state index in [-0.39, 0.29) is 34.6 Å². The lowest BCUT2D eigenvalue weighted by Crippen LogP contribution is -2.52. The molecule has 11 rings (SSSR count). The van der Waals surface area contributed by atoms with E-state index < -0.39 is 5.41 Å². The summed E-state index contributed by atoms with van der Waals surface area (Å²) in [4.78, 5) is 28.3. The van der Waals surface area contributed by atoms with Crippen LogP contribution in [-0.4, -0.2) is 29.6 Å². The highest BCUT2D eigenvalue weighted by atomic mass is 33.1. The van der Waals surface area contributed by atoms with E-state index in [9.17, 15) is 9.59 Å². The Balaban J connectivity index is 1.21. The van der Waals surface area contributed by atoms with Crippen molar-refractivity contribution < 1.29 is 19.1 Å². The first-order chi connectivity index (χ1) is 22.4. The first kappa shape index (κ1) is 29.6. The van der Waals surface area contributed by atoms with Crippen molar-refractivity contribution in [1.29, 1.82) is 0 Å². The Labute approximate surface area is 280 Å². The summed E-state index contributed by atoms with van der Waals surface area (Å²) in [6, 6.07) is 0. The van der Waals surface area contributed by atoms with Crippen LogP contribution >= 0.6 is 21.6 Å². The summed E-state index contributed by atoms with van der Waals surface area (Å²) in [5, 5.41) is 7.52. The van der Waals surface area contributed by atoms with Crippen molar-refractivity contribution in [1.82, 2.24) is 10.6 Å². The quantitative estimate of drug-likeness (QED) is 0.230. The maximum Gasteiger partial charge on any atom is 0.340 e. The molecule has 3 fully saturated rings. The number of esters is 2. The number of fused-ring (bicyclic) bond motifs is 6. The summed E-state index contributed by atoms with van der Waals surface area (Å²) in [5.41, 5.74) is 6.15. The monoisotopic (exact) mass is 656 g/mol. The molecule has 6 aliphatic heterocycles. The molecular formula is C38H44N2O4S2. The standard InChI is InChI=1S/C38H44N2O4S2/c1-3-37(14-4-5-15-37)19-28-26-8-7-25-24-12-16-38(32(25)31(26)35(41)43-28)29-10-6-21(2)20-45-46-30-11-9-23-22(13-17-39-34(23)40-30)18-27(24)33(38)36(42)44-29/h9-11,13,19,21,24-25,30,32,39-40H,3-8,12,14-18,20H2,1-2H3. The van der Waals surface area contributed by atoms with Crippen molar-refractivity contribution >= 4 is 33.5 Å². The molecule has 0 radical (unpaired) electrons. The van der Waals surface area contributed by atoms with E-state index >= 15 is 0 Å². The SMILES string of the molecule is CCC1(C=C2OC(=O)C3=C2CCC2C4CCC5(C6=CCC(C)CSSC7C=CC8=C(NCC=C8CC4=C5C(=O)O6)N7)C32)CCCC1. The van der Waals surface area contributed by atoms with Gasteiger partial charge in [-0.3, -0.25) is 0 Å². The summed E-state index contributed by atoms with van der Waals surface area (Å²) >= 11 is 0. The molecule has 8 heteroatoms. The van der Waals surface area contributed by atoms with E-state index in [1.807, 2.05) is 21.6 Å². The van der Waals surface area contributed by atoms with E-state index in [1.165, 1.54) is 42.4 Å². The van der Waals surface area contributed by atoms with Crippen LogP contribution < -0.4 is 10.6 Å². The number of carbonyl (C=O) groups excluding carboxylic acids is 2. The molecule has 2 N–H and O–H groups in total. The van der Waals surface area contributed by atoms with Crippen molar-refractivity contribution in [3.05, 3.63) is 81.2 Å². The van der Waals surface area contributed by atoms with E-state index in [4.69, 9.17) is 9.47 Å². The van der Waals surface area contributed by atoms with Gasteiger partial charge in [0.1, 0.15) is 22.7 Å². The Morgan fingerprint density at radius 2 is 1.96 bits per heavy atom. The Kier molecular flexibility index (Phi) is 7.05. The fraction of sp³-hybridized carbons (Fsp3) is 0.579. The zero-order valence-electron chi connectivity index (χ0n) is 26.9. The number of carbonyl (C=O) groups is 2. The average Bonchev–Trinajstić information content (AvgIpc) is 3.75. The van der Waals surface area contributed by atoms with Crippen molar-refractivity contribution in [3.8, 4) is 0 Å². The van der Waals surface area contributed by atoms with Crippen LogP contribution in [0.3, 0.4) is 0 Å². The minimum atomic E-state index is -0.591. The molecule has 11 aliphatic rings. The third-order valence-corrected chi connectivity index (χ3v) is 15.6. The normalized spacial score (nSPS) is 38.3. The van der Waals surface area contributed by atoms with Crippen LogP contribution in [-0.2, 0) is 19.1 Å². The lowest BCUT2D eigenvalue weighted by Gasteiger charge is -2.56. The van der Waals surface area contributed by atoms with Gasteiger partial charge in [0.2, 0.25) is 0 Å². The first-order valence-corrected chi connectivity index (χ1v) is 20.0. The highest BCUT2D eigenvalue weighted by molar-refractivity contribution is 8.77. The topological polar surface area (TPSA) is 76.7 Å². The largest absolute Gasteiger partial charge is 0.427 e. The summed E-state index contributed by atoms with van der Waals surface area (Å²) in [6.07, 6.45) is 22.7. The molecule has 6 heterocycles. The van der Waals surface area contributed by atoms with Crippen LogP contribution in [0.5, 0.6) is 0 Å². The van der Waals surface area contributed by atoms with Crippen LogP contribution in [0.2, 0.25) is 0 Å². The number of hydrogen-bond donors (Lipinski definition) is 2. The second-order valence-corrected chi connectivity index (χ2v) is 17.6. The van der Waals surface area contributed by atoms with Crippen LogP contribution in [0.25, 0.3) is 0 Å². The molecule has 1 saturated heterocycles. The highest BCUT2D eigenvalue weighted by Crippen LogP contribution is 2.71. The first-order valence-electron chi connectivity index (χ1n) is 17.7. The minimum absolute atomic E-state index is 0.0705. The molecule has 0 aromatic heterocycles. The molecule has 0 aromatic carbocycles. The van der Waals surface area contributed by atoms with Crippen molar-refractivity contribution in [2.24, 2.45) is 34.5 Å². The minimum Gasteiger partial charge on any atom is -0.427 e. The van der Waals surface area contributed by atoms with Crippen molar-refractivity contribution in [3.63, 3.8) is 0 Å². The smallest absolute Gasteiger partial charge is 0.340 e. The number of rotatable bonds is 2. The number of ether oxygens (including phenoxy) is 2. The van der Waals surface area contributed by atoms with Gasteiger partial charge < -0.3 is 20.1 Å². The fourth-order valence-corrected chi connectivity index (χ4v) is 13.2. The van der Waals surface area contributed by atoms with Gasteiger partial charge in [-0.2, -0.15) is 0 Å². The second kappa shape index (κ2) is 11.0. The number of nitrogens with one attached hydrogen (secondary N) is 2. The summed E-state index contributed by atoms with van der Waals surface area (Å²) in [5.74, 6) is 4.30. The van der Waals surface area contributed by atoms with Gasteiger partial charge in [0.05, 0.1) is 11.0 Å². The van der Waals surface area contributed by atoms with Crippen LogP contribution in [0.1, 0.15) is 84.5 Å². The zero-order valence-corrected chi connectivity index (χ0v) is 28.5. The molecule has 6 atom stereocenters. The highest BCUT2D eigenvalue weighted by Gasteiger charge is 2.68. The molecule has 242 valence electrons. The molecule has 46 heavy (non-hydrogen) atoms. The van der Waals surface area contributed by atoms with Gasteiger partial charge in [-0.15, -0.1) is 0 Å². The Hall–Kier alpha value is -2.58. The van der Waals surface area contributed by atoms with Crippen molar-refractivity contribution in [2.45, 2.75) is 89.9 Å². The van der Waals surface area contributed by atoms with E-state index in [2.05, 4.69) is 54.9 Å². The Morgan fingerprint density at radius 1 is 1.09 bits per heavy atom. The van der Waals surface area contributed by atoms with Gasteiger partial charge in [-0.1, -0.05) is 72.1 Å². The molecule has 5 aliphatic carbocycles. The second-order valence-electron chi connectivity index (χ2n) is 15.1. The van der Waals surface area contributed by atoms with Crippen LogP contribution in [0.15, 0.2) is 81.2 Å². The van der Waals surface area contributed by atoms with Gasteiger partial charge in [-0.25, -0.2) is 9.59 Å². The maximum absolute atomic E-state index is 14.2. The fourth-order valence-electron chi connectivity index (χ4n) is 10.6. The number of allylic oxidation sites excluding steroid dienone is 8. The molecule has 1 spiro atoms. The predicted octanol–water partition coefficient (Wildman–Crippen LogP) is 7.91. The van der Waals surface area contributed by atoms with Gasteiger partial charge >= 0.3 is 11.9 Å². The number of cyclic esters (lactones) is 1. The van der Waals surface area contributed by atoms with Gasteiger partial charge in [0.25, 0.3) is 0 Å².